The minimum Gasteiger partial charge on any atom is -0.493 e. The maximum atomic E-state index is 13.8. The van der Waals surface area contributed by atoms with Crippen molar-refractivity contribution in [2.45, 2.75) is 64.1 Å². The standard InChI is InChI=1S/C32H38N2O4/c1-24-12-11-15-26(20-24)22-34(31(35)23-38-30-19-10-9-18-29(30)37-2)28(21-25-13-5-3-6-14-25)32(36)33-27-16-7-4-8-17-27/h3,5-6,9-15,18-20,27-28H,4,7-8,16-17,21-23H2,1-2H3,(H,33,36)/t28-/m0/s1. The lowest BCUT2D eigenvalue weighted by atomic mass is 9.94. The van der Waals surface area contributed by atoms with Gasteiger partial charge in [0, 0.05) is 19.0 Å². The Morgan fingerprint density at radius 2 is 1.58 bits per heavy atom. The molecule has 3 aromatic carbocycles. The first kappa shape index (κ1) is 27.2. The molecule has 0 bridgehead atoms. The summed E-state index contributed by atoms with van der Waals surface area (Å²) in [6.45, 7) is 2.14. The highest BCUT2D eigenvalue weighted by atomic mass is 16.5. The molecule has 3 aromatic rings. The van der Waals surface area contributed by atoms with Gasteiger partial charge >= 0.3 is 0 Å². The maximum Gasteiger partial charge on any atom is 0.261 e. The molecular weight excluding hydrogens is 476 g/mol. The Bertz CT molecular complexity index is 1190. The number of hydrogen-bond acceptors (Lipinski definition) is 4. The summed E-state index contributed by atoms with van der Waals surface area (Å²) in [6.07, 6.45) is 5.82. The molecule has 0 unspecified atom stereocenters. The summed E-state index contributed by atoms with van der Waals surface area (Å²) in [7, 11) is 1.57. The van der Waals surface area contributed by atoms with Crippen molar-refractivity contribution in [3.05, 3.63) is 95.6 Å². The van der Waals surface area contributed by atoms with Crippen molar-refractivity contribution in [2.24, 2.45) is 0 Å². The molecule has 0 saturated heterocycles. The van der Waals surface area contributed by atoms with Gasteiger partial charge < -0.3 is 19.7 Å². The van der Waals surface area contributed by atoms with E-state index in [-0.39, 0.29) is 24.5 Å². The van der Waals surface area contributed by atoms with Gasteiger partial charge in [-0.2, -0.15) is 0 Å². The van der Waals surface area contributed by atoms with Gasteiger partial charge in [-0.25, -0.2) is 0 Å². The molecule has 1 N–H and O–H groups in total. The molecule has 0 heterocycles. The summed E-state index contributed by atoms with van der Waals surface area (Å²) in [5.74, 6) is 0.683. The van der Waals surface area contributed by atoms with E-state index < -0.39 is 6.04 Å². The molecule has 1 atom stereocenters. The van der Waals surface area contributed by atoms with Gasteiger partial charge in [-0.3, -0.25) is 9.59 Å². The number of aryl methyl sites for hydroxylation is 1. The first-order chi connectivity index (χ1) is 18.5. The summed E-state index contributed by atoms with van der Waals surface area (Å²) in [5, 5.41) is 3.27. The third kappa shape index (κ3) is 7.60. The maximum absolute atomic E-state index is 13.8. The lowest BCUT2D eigenvalue weighted by molar-refractivity contribution is -0.143. The molecule has 200 valence electrons. The molecule has 1 aliphatic carbocycles. The van der Waals surface area contributed by atoms with Gasteiger partial charge in [-0.1, -0.05) is 91.6 Å². The fraction of sp³-hybridized carbons (Fsp3) is 0.375. The Morgan fingerprint density at radius 3 is 2.29 bits per heavy atom. The zero-order valence-electron chi connectivity index (χ0n) is 22.4. The van der Waals surface area contributed by atoms with Crippen LogP contribution >= 0.6 is 0 Å². The first-order valence-corrected chi connectivity index (χ1v) is 13.5. The van der Waals surface area contributed by atoms with Crippen LogP contribution in [-0.2, 0) is 22.6 Å². The zero-order valence-corrected chi connectivity index (χ0v) is 22.4. The van der Waals surface area contributed by atoms with Crippen LogP contribution in [0.2, 0.25) is 0 Å². The highest BCUT2D eigenvalue weighted by Crippen LogP contribution is 2.26. The number of hydrogen-bond donors (Lipinski definition) is 1. The van der Waals surface area contributed by atoms with Gasteiger partial charge in [0.05, 0.1) is 7.11 Å². The molecule has 38 heavy (non-hydrogen) atoms. The highest BCUT2D eigenvalue weighted by molar-refractivity contribution is 5.88. The SMILES string of the molecule is COc1ccccc1OCC(=O)N(Cc1cccc(C)c1)[C@@H](Cc1ccccc1)C(=O)NC1CCCCC1. The zero-order chi connectivity index (χ0) is 26.7. The summed E-state index contributed by atoms with van der Waals surface area (Å²) in [4.78, 5) is 29.3. The number of rotatable bonds is 11. The molecule has 0 spiro atoms. The molecule has 0 aliphatic heterocycles. The summed E-state index contributed by atoms with van der Waals surface area (Å²) in [6, 6.07) is 24.7. The minimum absolute atomic E-state index is 0.112. The van der Waals surface area contributed by atoms with Crippen LogP contribution in [0.15, 0.2) is 78.9 Å². The Balaban J connectivity index is 1.62. The second kappa shape index (κ2) is 13.7. The monoisotopic (exact) mass is 514 g/mol. The highest BCUT2D eigenvalue weighted by Gasteiger charge is 2.32. The van der Waals surface area contributed by atoms with Gasteiger partial charge in [-0.15, -0.1) is 0 Å². The Kier molecular flexibility index (Phi) is 9.79. The number of amides is 2. The predicted molar refractivity (Wildman–Crippen MR) is 149 cm³/mol. The smallest absolute Gasteiger partial charge is 0.261 e. The summed E-state index contributed by atoms with van der Waals surface area (Å²) >= 11 is 0. The Hall–Kier alpha value is -3.80. The number of benzene rings is 3. The van der Waals surface area contributed by atoms with Crippen LogP contribution < -0.4 is 14.8 Å². The molecule has 1 aliphatic rings. The average molecular weight is 515 g/mol. The van der Waals surface area contributed by atoms with Gasteiger partial charge in [0.2, 0.25) is 5.91 Å². The normalized spacial score (nSPS) is 14.4. The molecule has 6 nitrogen and oxygen atoms in total. The lowest BCUT2D eigenvalue weighted by Crippen LogP contribution is -2.53. The van der Waals surface area contributed by atoms with Crippen LogP contribution in [0.1, 0.15) is 48.8 Å². The topological polar surface area (TPSA) is 67.9 Å². The van der Waals surface area contributed by atoms with Crippen molar-refractivity contribution < 1.29 is 19.1 Å². The van der Waals surface area contributed by atoms with Crippen LogP contribution in [0.4, 0.5) is 0 Å². The van der Waals surface area contributed by atoms with Crippen molar-refractivity contribution in [3.8, 4) is 11.5 Å². The lowest BCUT2D eigenvalue weighted by Gasteiger charge is -2.33. The number of ether oxygens (including phenoxy) is 2. The number of carbonyl (C=O) groups excluding carboxylic acids is 2. The van der Waals surface area contributed by atoms with Crippen molar-refractivity contribution in [1.82, 2.24) is 10.2 Å². The molecule has 0 radical (unpaired) electrons. The van der Waals surface area contributed by atoms with Crippen LogP contribution in [0.5, 0.6) is 11.5 Å². The van der Waals surface area contributed by atoms with Crippen molar-refractivity contribution in [3.63, 3.8) is 0 Å². The van der Waals surface area contributed by atoms with Gasteiger partial charge in [-0.05, 0) is 43.0 Å². The van der Waals surface area contributed by atoms with Crippen molar-refractivity contribution in [1.29, 1.82) is 0 Å². The number of nitrogens with zero attached hydrogens (tertiary/aromatic N) is 1. The van der Waals surface area contributed by atoms with Crippen LogP contribution in [-0.4, -0.2) is 42.5 Å². The molecule has 0 aromatic heterocycles. The Morgan fingerprint density at radius 1 is 0.895 bits per heavy atom. The molecule has 1 fully saturated rings. The van der Waals surface area contributed by atoms with Gasteiger partial charge in [0.25, 0.3) is 5.91 Å². The number of methoxy groups -OCH3 is 1. The third-order valence-electron chi connectivity index (χ3n) is 7.08. The number of nitrogens with one attached hydrogen (secondary N) is 1. The van der Waals surface area contributed by atoms with E-state index in [4.69, 9.17) is 9.47 Å². The van der Waals surface area contributed by atoms with Crippen LogP contribution in [0.3, 0.4) is 0 Å². The second-order valence-electron chi connectivity index (χ2n) is 10.00. The molecule has 6 heteroatoms. The minimum atomic E-state index is -0.673. The molecular formula is C32H38N2O4. The van der Waals surface area contributed by atoms with Gasteiger partial charge in [0.1, 0.15) is 6.04 Å². The number of para-hydroxylation sites is 2. The fourth-order valence-electron chi connectivity index (χ4n) is 5.07. The summed E-state index contributed by atoms with van der Waals surface area (Å²) < 4.78 is 11.3. The summed E-state index contributed by atoms with van der Waals surface area (Å²) in [5.41, 5.74) is 3.08. The largest absolute Gasteiger partial charge is 0.493 e. The van der Waals surface area contributed by atoms with Crippen molar-refractivity contribution in [2.75, 3.05) is 13.7 Å². The van der Waals surface area contributed by atoms with Crippen LogP contribution in [0.25, 0.3) is 0 Å². The third-order valence-corrected chi connectivity index (χ3v) is 7.08. The van der Waals surface area contributed by atoms with E-state index in [1.54, 1.807) is 24.1 Å². The van der Waals surface area contributed by atoms with E-state index in [1.807, 2.05) is 67.6 Å². The van der Waals surface area contributed by atoms with E-state index in [0.29, 0.717) is 24.5 Å². The quantitative estimate of drug-likeness (QED) is 0.368. The van der Waals surface area contributed by atoms with E-state index in [1.165, 1.54) is 6.42 Å². The van der Waals surface area contributed by atoms with E-state index in [9.17, 15) is 9.59 Å². The first-order valence-electron chi connectivity index (χ1n) is 13.5. The second-order valence-corrected chi connectivity index (χ2v) is 10.00. The average Bonchev–Trinajstić information content (AvgIpc) is 2.95. The molecule has 4 rings (SSSR count). The van der Waals surface area contributed by atoms with Crippen LogP contribution in [0, 0.1) is 6.92 Å². The molecule has 1 saturated carbocycles. The van der Waals surface area contributed by atoms with E-state index >= 15 is 0 Å². The molecule has 2 amide bonds. The van der Waals surface area contributed by atoms with Crippen molar-refractivity contribution >= 4 is 11.8 Å². The van der Waals surface area contributed by atoms with Gasteiger partial charge in [0.15, 0.2) is 18.1 Å². The fourth-order valence-corrected chi connectivity index (χ4v) is 5.07. The Labute approximate surface area is 226 Å². The van der Waals surface area contributed by atoms with E-state index in [2.05, 4.69) is 11.4 Å². The number of carbonyl (C=O) groups is 2. The predicted octanol–water partition coefficient (Wildman–Crippen LogP) is 5.47. The van der Waals surface area contributed by atoms with E-state index in [0.717, 1.165) is 42.4 Å².